The zero-order valence-electron chi connectivity index (χ0n) is 12.8. The molecule has 2 heterocycles. The maximum atomic E-state index is 12.5. The Hall–Kier alpha value is -2.23. The van der Waals surface area contributed by atoms with Crippen LogP contribution in [0, 0.1) is 0 Å². The molecule has 1 fully saturated rings. The molecule has 0 bridgehead atoms. The summed E-state index contributed by atoms with van der Waals surface area (Å²) in [7, 11) is 1.65. The molecule has 0 spiro atoms. The lowest BCUT2D eigenvalue weighted by Gasteiger charge is -2.23. The fourth-order valence-corrected chi connectivity index (χ4v) is 3.03. The van der Waals surface area contributed by atoms with Crippen molar-refractivity contribution in [2.45, 2.75) is 31.7 Å². The molecule has 1 aromatic carbocycles. The van der Waals surface area contributed by atoms with Gasteiger partial charge in [0.25, 0.3) is 0 Å². The zero-order chi connectivity index (χ0) is 15.4. The van der Waals surface area contributed by atoms with Crippen molar-refractivity contribution in [3.05, 3.63) is 54.0 Å². The number of likely N-dealkylation sites (tertiary alicyclic amines) is 1. The number of hydrogen-bond acceptors (Lipinski definition) is 3. The van der Waals surface area contributed by atoms with Crippen molar-refractivity contribution in [1.82, 2.24) is 4.90 Å². The van der Waals surface area contributed by atoms with Crippen molar-refractivity contribution in [3.8, 4) is 5.75 Å². The van der Waals surface area contributed by atoms with E-state index in [1.807, 2.05) is 41.3 Å². The number of hydrogen-bond donors (Lipinski definition) is 0. The van der Waals surface area contributed by atoms with Crippen molar-refractivity contribution in [3.63, 3.8) is 0 Å². The highest BCUT2D eigenvalue weighted by atomic mass is 16.5. The molecule has 2 aromatic rings. The van der Waals surface area contributed by atoms with Crippen molar-refractivity contribution in [2.24, 2.45) is 0 Å². The van der Waals surface area contributed by atoms with Crippen LogP contribution in [0.2, 0.25) is 0 Å². The molecule has 1 atom stereocenters. The number of ether oxygens (including phenoxy) is 1. The standard InChI is InChI=1S/C18H21NO3/c1-21-15-9-6-14(7-10-15)8-11-18(20)19-12-2-4-16(19)17-5-3-13-22-17/h3,5-7,9-10,13,16H,2,4,8,11-12H2,1H3/t16-/m0/s1. The molecule has 4 nitrogen and oxygen atoms in total. The zero-order valence-corrected chi connectivity index (χ0v) is 12.8. The Balaban J connectivity index is 1.59. The molecule has 0 radical (unpaired) electrons. The van der Waals surface area contributed by atoms with Crippen LogP contribution in [0.4, 0.5) is 0 Å². The molecule has 1 aliphatic heterocycles. The number of carbonyl (C=O) groups is 1. The molecule has 3 rings (SSSR count). The first kappa shape index (κ1) is 14.7. The Morgan fingerprint density at radius 3 is 2.82 bits per heavy atom. The van der Waals surface area contributed by atoms with Gasteiger partial charge in [-0.25, -0.2) is 0 Å². The normalized spacial score (nSPS) is 17.7. The summed E-state index contributed by atoms with van der Waals surface area (Å²) in [5.41, 5.74) is 1.16. The molecule has 0 saturated carbocycles. The van der Waals surface area contributed by atoms with Gasteiger partial charge in [-0.15, -0.1) is 0 Å². The van der Waals surface area contributed by atoms with Crippen LogP contribution in [0.1, 0.15) is 36.6 Å². The molecule has 1 amide bonds. The van der Waals surface area contributed by atoms with Crippen LogP contribution in [0.25, 0.3) is 0 Å². The minimum atomic E-state index is 0.110. The predicted molar refractivity (Wildman–Crippen MR) is 83.7 cm³/mol. The quantitative estimate of drug-likeness (QED) is 0.847. The predicted octanol–water partition coefficient (Wildman–Crippen LogP) is 3.58. The third-order valence-corrected chi connectivity index (χ3v) is 4.23. The van der Waals surface area contributed by atoms with Crippen LogP contribution in [0.3, 0.4) is 0 Å². The molecule has 1 saturated heterocycles. The summed E-state index contributed by atoms with van der Waals surface area (Å²) in [5, 5.41) is 0. The third-order valence-electron chi connectivity index (χ3n) is 4.23. The minimum Gasteiger partial charge on any atom is -0.497 e. The summed E-state index contributed by atoms with van der Waals surface area (Å²) in [6.07, 6.45) is 4.99. The van der Waals surface area contributed by atoms with E-state index in [1.165, 1.54) is 0 Å². The first-order valence-electron chi connectivity index (χ1n) is 7.74. The average Bonchev–Trinajstić information content (AvgIpc) is 3.23. The Bertz CT molecular complexity index is 604. The van der Waals surface area contributed by atoms with Gasteiger partial charge in [0.15, 0.2) is 0 Å². The Morgan fingerprint density at radius 2 is 2.14 bits per heavy atom. The summed E-state index contributed by atoms with van der Waals surface area (Å²) < 4.78 is 10.6. The summed E-state index contributed by atoms with van der Waals surface area (Å²) in [6, 6.07) is 11.8. The van der Waals surface area contributed by atoms with Crippen LogP contribution in [0.15, 0.2) is 47.1 Å². The molecule has 1 aliphatic rings. The highest BCUT2D eigenvalue weighted by Crippen LogP contribution is 2.32. The average molecular weight is 299 g/mol. The fraction of sp³-hybridized carbons (Fsp3) is 0.389. The van der Waals surface area contributed by atoms with Crippen LogP contribution >= 0.6 is 0 Å². The summed E-state index contributed by atoms with van der Waals surface area (Å²) in [5.74, 6) is 1.94. The first-order valence-corrected chi connectivity index (χ1v) is 7.74. The second-order valence-corrected chi connectivity index (χ2v) is 5.61. The van der Waals surface area contributed by atoms with Crippen LogP contribution in [0.5, 0.6) is 5.75 Å². The number of methoxy groups -OCH3 is 1. The van der Waals surface area contributed by atoms with Gasteiger partial charge in [-0.3, -0.25) is 4.79 Å². The van der Waals surface area contributed by atoms with Crippen LogP contribution in [-0.2, 0) is 11.2 Å². The highest BCUT2D eigenvalue weighted by molar-refractivity contribution is 5.77. The molecule has 1 aromatic heterocycles. The number of amides is 1. The van der Waals surface area contributed by atoms with E-state index in [1.54, 1.807) is 13.4 Å². The number of rotatable bonds is 5. The van der Waals surface area contributed by atoms with E-state index in [2.05, 4.69) is 0 Å². The maximum absolute atomic E-state index is 12.5. The van der Waals surface area contributed by atoms with Crippen molar-refractivity contribution < 1.29 is 13.9 Å². The van der Waals surface area contributed by atoms with Gasteiger partial charge in [0.2, 0.25) is 5.91 Å². The Labute approximate surface area is 130 Å². The van der Waals surface area contributed by atoms with E-state index in [0.717, 1.165) is 42.9 Å². The maximum Gasteiger partial charge on any atom is 0.223 e. The molecule has 0 aliphatic carbocycles. The van der Waals surface area contributed by atoms with Gasteiger partial charge in [-0.1, -0.05) is 12.1 Å². The van der Waals surface area contributed by atoms with E-state index in [0.29, 0.717) is 6.42 Å². The molecule has 116 valence electrons. The van der Waals surface area contributed by atoms with E-state index in [9.17, 15) is 4.79 Å². The molecular weight excluding hydrogens is 278 g/mol. The van der Waals surface area contributed by atoms with E-state index < -0.39 is 0 Å². The molecular formula is C18H21NO3. The fourth-order valence-electron chi connectivity index (χ4n) is 3.03. The highest BCUT2D eigenvalue weighted by Gasteiger charge is 2.31. The van der Waals surface area contributed by atoms with Crippen molar-refractivity contribution >= 4 is 5.91 Å². The van der Waals surface area contributed by atoms with Gasteiger partial charge in [0, 0.05) is 13.0 Å². The van der Waals surface area contributed by atoms with Gasteiger partial charge in [0.05, 0.1) is 19.4 Å². The number of carbonyl (C=O) groups excluding carboxylic acids is 1. The summed E-state index contributed by atoms with van der Waals surface area (Å²) in [4.78, 5) is 14.5. The van der Waals surface area contributed by atoms with E-state index >= 15 is 0 Å². The smallest absolute Gasteiger partial charge is 0.223 e. The number of benzene rings is 1. The first-order chi connectivity index (χ1) is 10.8. The lowest BCUT2D eigenvalue weighted by molar-refractivity contribution is -0.132. The molecule has 0 N–H and O–H groups in total. The summed E-state index contributed by atoms with van der Waals surface area (Å²) >= 11 is 0. The third kappa shape index (κ3) is 3.16. The van der Waals surface area contributed by atoms with Crippen LogP contribution in [-0.4, -0.2) is 24.5 Å². The largest absolute Gasteiger partial charge is 0.497 e. The Morgan fingerprint density at radius 1 is 1.32 bits per heavy atom. The SMILES string of the molecule is COc1ccc(CCC(=O)N2CCC[C@H]2c2ccco2)cc1. The monoisotopic (exact) mass is 299 g/mol. The minimum absolute atomic E-state index is 0.110. The molecule has 22 heavy (non-hydrogen) atoms. The molecule has 0 unspecified atom stereocenters. The second kappa shape index (κ2) is 6.69. The van der Waals surface area contributed by atoms with Crippen molar-refractivity contribution in [2.75, 3.05) is 13.7 Å². The number of aryl methyl sites for hydroxylation is 1. The van der Waals surface area contributed by atoms with Gasteiger partial charge in [0.1, 0.15) is 11.5 Å². The van der Waals surface area contributed by atoms with Gasteiger partial charge in [-0.2, -0.15) is 0 Å². The number of nitrogens with zero attached hydrogens (tertiary/aromatic N) is 1. The van der Waals surface area contributed by atoms with E-state index in [-0.39, 0.29) is 11.9 Å². The second-order valence-electron chi connectivity index (χ2n) is 5.61. The van der Waals surface area contributed by atoms with Gasteiger partial charge >= 0.3 is 0 Å². The van der Waals surface area contributed by atoms with Gasteiger partial charge < -0.3 is 14.1 Å². The van der Waals surface area contributed by atoms with Gasteiger partial charge in [-0.05, 0) is 49.1 Å². The lowest BCUT2D eigenvalue weighted by atomic mass is 10.1. The number of furan rings is 1. The Kier molecular flexibility index (Phi) is 4.47. The van der Waals surface area contributed by atoms with Crippen molar-refractivity contribution in [1.29, 1.82) is 0 Å². The van der Waals surface area contributed by atoms with E-state index in [4.69, 9.17) is 9.15 Å². The lowest BCUT2D eigenvalue weighted by Crippen LogP contribution is -2.30. The molecule has 4 heteroatoms. The van der Waals surface area contributed by atoms with Crippen LogP contribution < -0.4 is 4.74 Å². The topological polar surface area (TPSA) is 42.7 Å². The summed E-state index contributed by atoms with van der Waals surface area (Å²) in [6.45, 7) is 0.826.